The maximum Gasteiger partial charge on any atom is 0.234 e. The first kappa shape index (κ1) is 24.0. The number of halogens is 1. The molecule has 7 heteroatoms. The normalized spacial score (nSPS) is 11.9. The van der Waals surface area contributed by atoms with Gasteiger partial charge in [-0.1, -0.05) is 79.2 Å². The lowest BCUT2D eigenvalue weighted by atomic mass is 9.99. The van der Waals surface area contributed by atoms with E-state index in [1.807, 2.05) is 72.2 Å². The van der Waals surface area contributed by atoms with Gasteiger partial charge in [0.2, 0.25) is 5.91 Å². The molecule has 0 radical (unpaired) electrons. The molecule has 0 spiro atoms. The molecule has 1 unspecified atom stereocenters. The van der Waals surface area contributed by atoms with Crippen molar-refractivity contribution in [1.82, 2.24) is 14.8 Å². The number of carbonyl (C=O) groups is 1. The van der Waals surface area contributed by atoms with Crippen LogP contribution in [0.1, 0.15) is 37.3 Å². The lowest BCUT2D eigenvalue weighted by Crippen LogP contribution is -2.14. The Bertz CT molecular complexity index is 1250. The number of rotatable bonds is 8. The minimum Gasteiger partial charge on any atom is -0.325 e. The average Bonchev–Trinajstić information content (AvgIpc) is 3.27. The molecular formula is C27H27ClN4OS. The van der Waals surface area contributed by atoms with Gasteiger partial charge in [0.05, 0.1) is 5.75 Å². The molecule has 0 aliphatic carbocycles. The van der Waals surface area contributed by atoms with E-state index in [9.17, 15) is 4.79 Å². The van der Waals surface area contributed by atoms with Crippen molar-refractivity contribution in [2.75, 3.05) is 11.1 Å². The number of benzene rings is 3. The van der Waals surface area contributed by atoms with E-state index in [-0.39, 0.29) is 11.7 Å². The molecule has 5 nitrogen and oxygen atoms in total. The number of nitrogens with zero attached hydrogens (tertiary/aromatic N) is 3. The van der Waals surface area contributed by atoms with Crippen molar-refractivity contribution in [1.29, 1.82) is 0 Å². The third kappa shape index (κ3) is 5.69. The molecule has 3 aromatic carbocycles. The number of aryl methyl sites for hydroxylation is 1. The summed E-state index contributed by atoms with van der Waals surface area (Å²) in [7, 11) is 0. The summed E-state index contributed by atoms with van der Waals surface area (Å²) in [6, 6.07) is 23.7. The molecule has 0 saturated heterocycles. The van der Waals surface area contributed by atoms with E-state index in [4.69, 9.17) is 11.6 Å². The van der Waals surface area contributed by atoms with Crippen molar-refractivity contribution in [2.45, 2.75) is 38.3 Å². The maximum absolute atomic E-state index is 12.7. The Morgan fingerprint density at radius 1 is 1.00 bits per heavy atom. The number of amides is 1. The number of hydrogen-bond acceptors (Lipinski definition) is 4. The summed E-state index contributed by atoms with van der Waals surface area (Å²) in [6.07, 6.45) is 1.08. The summed E-state index contributed by atoms with van der Waals surface area (Å²) in [5, 5.41) is 13.1. The van der Waals surface area contributed by atoms with Crippen LogP contribution in [0.2, 0.25) is 5.02 Å². The lowest BCUT2D eigenvalue weighted by Gasteiger charge is -2.12. The van der Waals surface area contributed by atoms with Gasteiger partial charge in [0.15, 0.2) is 11.0 Å². The van der Waals surface area contributed by atoms with E-state index >= 15 is 0 Å². The van der Waals surface area contributed by atoms with Crippen LogP contribution in [-0.4, -0.2) is 26.4 Å². The number of hydrogen-bond donors (Lipinski definition) is 1. The van der Waals surface area contributed by atoms with Crippen LogP contribution in [0.3, 0.4) is 0 Å². The summed E-state index contributed by atoms with van der Waals surface area (Å²) >= 11 is 7.45. The highest BCUT2D eigenvalue weighted by Crippen LogP contribution is 2.29. The molecule has 0 fully saturated rings. The first-order valence-electron chi connectivity index (χ1n) is 11.3. The monoisotopic (exact) mass is 490 g/mol. The first-order valence-corrected chi connectivity index (χ1v) is 12.6. The molecule has 4 rings (SSSR count). The van der Waals surface area contributed by atoms with Gasteiger partial charge in [0.25, 0.3) is 0 Å². The molecule has 0 bridgehead atoms. The molecule has 34 heavy (non-hydrogen) atoms. The van der Waals surface area contributed by atoms with Gasteiger partial charge in [-0.25, -0.2) is 0 Å². The minimum absolute atomic E-state index is 0.0937. The second-order valence-electron chi connectivity index (χ2n) is 8.25. The van der Waals surface area contributed by atoms with Gasteiger partial charge in [-0.3, -0.25) is 9.36 Å². The van der Waals surface area contributed by atoms with Crippen molar-refractivity contribution in [3.8, 4) is 17.1 Å². The fourth-order valence-electron chi connectivity index (χ4n) is 3.53. The van der Waals surface area contributed by atoms with Crippen LogP contribution in [0.5, 0.6) is 0 Å². The second-order valence-corrected chi connectivity index (χ2v) is 9.63. The quantitative estimate of drug-likeness (QED) is 0.266. The predicted molar refractivity (Wildman–Crippen MR) is 141 cm³/mol. The molecule has 0 aliphatic rings. The Hall–Kier alpha value is -3.09. The summed E-state index contributed by atoms with van der Waals surface area (Å²) in [5.74, 6) is 1.34. The Kier molecular flexibility index (Phi) is 7.70. The van der Waals surface area contributed by atoms with Gasteiger partial charge in [-0.15, -0.1) is 10.2 Å². The molecule has 174 valence electrons. The van der Waals surface area contributed by atoms with Gasteiger partial charge in [0.1, 0.15) is 0 Å². The van der Waals surface area contributed by atoms with E-state index in [1.165, 1.54) is 22.9 Å². The smallest absolute Gasteiger partial charge is 0.234 e. The van der Waals surface area contributed by atoms with Crippen LogP contribution in [0, 0.1) is 6.92 Å². The Labute approximate surface area is 209 Å². The van der Waals surface area contributed by atoms with Crippen molar-refractivity contribution >= 4 is 35.0 Å². The molecule has 4 aromatic rings. The first-order chi connectivity index (χ1) is 16.4. The Balaban J connectivity index is 1.53. The van der Waals surface area contributed by atoms with Gasteiger partial charge in [0, 0.05) is 22.0 Å². The Morgan fingerprint density at radius 2 is 1.68 bits per heavy atom. The summed E-state index contributed by atoms with van der Waals surface area (Å²) in [5.41, 5.74) is 5.07. The van der Waals surface area contributed by atoms with Crippen LogP contribution < -0.4 is 5.32 Å². The highest BCUT2D eigenvalue weighted by atomic mass is 35.5. The molecule has 1 heterocycles. The molecular weight excluding hydrogens is 464 g/mol. The summed E-state index contributed by atoms with van der Waals surface area (Å²) in [6.45, 7) is 6.42. The summed E-state index contributed by atoms with van der Waals surface area (Å²) < 4.78 is 1.96. The standard InChI is InChI=1S/C27H27ClN4OS/c1-4-19(3)20-9-13-23(14-10-20)29-25(33)17-34-27-31-30-26(21-7-5-18(2)6-8-21)32(27)24-15-11-22(28)12-16-24/h5-16,19H,4,17H2,1-3H3,(H,29,33). The Morgan fingerprint density at radius 3 is 2.32 bits per heavy atom. The zero-order valence-corrected chi connectivity index (χ0v) is 21.0. The van der Waals surface area contributed by atoms with Crippen LogP contribution in [0.25, 0.3) is 17.1 Å². The van der Waals surface area contributed by atoms with Crippen molar-refractivity contribution in [3.63, 3.8) is 0 Å². The number of anilines is 1. The van der Waals surface area contributed by atoms with Crippen molar-refractivity contribution in [2.24, 2.45) is 0 Å². The van der Waals surface area contributed by atoms with Crippen molar-refractivity contribution in [3.05, 3.63) is 88.9 Å². The topological polar surface area (TPSA) is 59.8 Å². The van der Waals surface area contributed by atoms with E-state index in [0.29, 0.717) is 21.9 Å². The predicted octanol–water partition coefficient (Wildman–Crippen LogP) is 7.14. The van der Waals surface area contributed by atoms with E-state index in [0.717, 1.165) is 23.4 Å². The van der Waals surface area contributed by atoms with Gasteiger partial charge in [-0.05, 0) is 61.2 Å². The zero-order chi connectivity index (χ0) is 24.1. The third-order valence-electron chi connectivity index (χ3n) is 5.74. The fraction of sp³-hybridized carbons (Fsp3) is 0.222. The largest absolute Gasteiger partial charge is 0.325 e. The van der Waals surface area contributed by atoms with Crippen molar-refractivity contribution < 1.29 is 4.79 Å². The van der Waals surface area contributed by atoms with Crippen LogP contribution in [0.15, 0.2) is 78.0 Å². The number of aromatic nitrogens is 3. The van der Waals surface area contributed by atoms with E-state index < -0.39 is 0 Å². The van der Waals surface area contributed by atoms with Crippen LogP contribution in [-0.2, 0) is 4.79 Å². The van der Waals surface area contributed by atoms with Crippen LogP contribution in [0.4, 0.5) is 5.69 Å². The number of nitrogens with one attached hydrogen (secondary N) is 1. The number of thioether (sulfide) groups is 1. The summed E-state index contributed by atoms with van der Waals surface area (Å²) in [4.78, 5) is 12.7. The van der Waals surface area contributed by atoms with Gasteiger partial charge < -0.3 is 5.32 Å². The third-order valence-corrected chi connectivity index (χ3v) is 6.92. The van der Waals surface area contributed by atoms with Gasteiger partial charge >= 0.3 is 0 Å². The molecule has 1 aromatic heterocycles. The second kappa shape index (κ2) is 10.9. The average molecular weight is 491 g/mol. The van der Waals surface area contributed by atoms with E-state index in [1.54, 1.807) is 0 Å². The van der Waals surface area contributed by atoms with Gasteiger partial charge in [-0.2, -0.15) is 0 Å². The number of carbonyl (C=O) groups excluding carboxylic acids is 1. The SMILES string of the molecule is CCC(C)c1ccc(NC(=O)CSc2nnc(-c3ccc(C)cc3)n2-c2ccc(Cl)cc2)cc1. The zero-order valence-electron chi connectivity index (χ0n) is 19.5. The molecule has 1 N–H and O–H groups in total. The maximum atomic E-state index is 12.7. The highest BCUT2D eigenvalue weighted by Gasteiger charge is 2.17. The molecule has 1 amide bonds. The van der Waals surface area contributed by atoms with E-state index in [2.05, 4.69) is 41.5 Å². The molecule has 1 atom stereocenters. The molecule has 0 aliphatic heterocycles. The highest BCUT2D eigenvalue weighted by molar-refractivity contribution is 7.99. The lowest BCUT2D eigenvalue weighted by molar-refractivity contribution is -0.113. The molecule has 0 saturated carbocycles. The fourth-order valence-corrected chi connectivity index (χ4v) is 4.41. The minimum atomic E-state index is -0.0937. The van der Waals surface area contributed by atoms with Crippen LogP contribution >= 0.6 is 23.4 Å².